The Kier molecular flexibility index (Phi) is 3.41. The van der Waals surface area contributed by atoms with Gasteiger partial charge in [0.1, 0.15) is 0 Å². The van der Waals surface area contributed by atoms with Gasteiger partial charge in [0, 0.05) is 18.2 Å². The van der Waals surface area contributed by atoms with Crippen molar-refractivity contribution >= 4 is 5.96 Å². The highest BCUT2D eigenvalue weighted by atomic mass is 16.3. The Balaban J connectivity index is 1.90. The molecule has 1 unspecified atom stereocenters. The van der Waals surface area contributed by atoms with Gasteiger partial charge in [0.15, 0.2) is 5.96 Å². The van der Waals surface area contributed by atoms with E-state index >= 15 is 0 Å². The zero-order valence-electron chi connectivity index (χ0n) is 10.8. The molecule has 2 N–H and O–H groups in total. The topological polar surface area (TPSA) is 49.6 Å². The van der Waals surface area contributed by atoms with Crippen LogP contribution in [0.2, 0.25) is 0 Å². The van der Waals surface area contributed by atoms with Crippen LogP contribution in [0.4, 0.5) is 0 Å². The summed E-state index contributed by atoms with van der Waals surface area (Å²) in [4.78, 5) is 4.54. The highest BCUT2D eigenvalue weighted by molar-refractivity contribution is 5.80. The third-order valence-electron chi connectivity index (χ3n) is 3.17. The van der Waals surface area contributed by atoms with Crippen LogP contribution in [-0.4, -0.2) is 18.5 Å². The molecule has 94 valence electrons. The van der Waals surface area contributed by atoms with Gasteiger partial charge >= 0.3 is 0 Å². The van der Waals surface area contributed by atoms with Crippen molar-refractivity contribution in [3.05, 3.63) is 24.2 Å². The van der Waals surface area contributed by atoms with Gasteiger partial charge in [-0.1, -0.05) is 13.8 Å². The minimum absolute atomic E-state index is 0.409. The van der Waals surface area contributed by atoms with Crippen LogP contribution in [0.15, 0.2) is 28.0 Å². The Morgan fingerprint density at radius 3 is 2.88 bits per heavy atom. The average Bonchev–Trinajstić information content (AvgIpc) is 2.69. The molecule has 0 aromatic carbocycles. The van der Waals surface area contributed by atoms with E-state index in [4.69, 9.17) is 4.42 Å². The molecule has 1 heterocycles. The summed E-state index contributed by atoms with van der Waals surface area (Å²) in [7, 11) is 0. The average molecular weight is 235 g/mol. The summed E-state index contributed by atoms with van der Waals surface area (Å²) in [5, 5.41) is 6.72. The van der Waals surface area contributed by atoms with Crippen molar-refractivity contribution in [2.45, 2.75) is 39.8 Å². The third kappa shape index (κ3) is 3.25. The van der Waals surface area contributed by atoms with Crippen LogP contribution in [-0.2, 0) is 6.54 Å². The zero-order chi connectivity index (χ0) is 12.3. The summed E-state index contributed by atoms with van der Waals surface area (Å²) in [5.74, 6) is 0.893. The lowest BCUT2D eigenvalue weighted by Gasteiger charge is -2.12. The van der Waals surface area contributed by atoms with Gasteiger partial charge < -0.3 is 15.1 Å². The lowest BCUT2D eigenvalue weighted by atomic mass is 10.2. The smallest absolute Gasteiger partial charge is 0.191 e. The Hall–Kier alpha value is -1.45. The number of aliphatic imine (C=N–C) groups is 1. The molecule has 1 saturated carbocycles. The van der Waals surface area contributed by atoms with Crippen LogP contribution in [0.25, 0.3) is 0 Å². The van der Waals surface area contributed by atoms with Gasteiger partial charge in [0.2, 0.25) is 0 Å². The quantitative estimate of drug-likeness (QED) is 0.621. The number of nitrogens with zero attached hydrogens (tertiary/aromatic N) is 1. The van der Waals surface area contributed by atoms with Crippen molar-refractivity contribution in [3.8, 4) is 0 Å². The number of rotatable bonds is 4. The molecule has 0 radical (unpaired) electrons. The minimum atomic E-state index is 0.409. The lowest BCUT2D eigenvalue weighted by Crippen LogP contribution is -2.39. The van der Waals surface area contributed by atoms with Crippen LogP contribution in [0, 0.1) is 5.41 Å². The molecular formula is C13H21N3O. The predicted molar refractivity (Wildman–Crippen MR) is 68.8 cm³/mol. The van der Waals surface area contributed by atoms with Crippen LogP contribution in [0.5, 0.6) is 0 Å². The molecule has 0 saturated heterocycles. The van der Waals surface area contributed by atoms with Gasteiger partial charge in [0.05, 0.1) is 19.1 Å². The van der Waals surface area contributed by atoms with Crippen LogP contribution >= 0.6 is 0 Å². The highest BCUT2D eigenvalue weighted by Gasteiger charge is 2.46. The molecule has 1 aromatic heterocycles. The molecule has 0 amide bonds. The summed E-state index contributed by atoms with van der Waals surface area (Å²) in [6, 6.07) is 2.48. The molecule has 2 rings (SSSR count). The maximum atomic E-state index is 5.02. The van der Waals surface area contributed by atoms with Crippen molar-refractivity contribution in [1.29, 1.82) is 0 Å². The Morgan fingerprint density at radius 1 is 1.59 bits per heavy atom. The highest BCUT2D eigenvalue weighted by Crippen LogP contribution is 2.44. The molecule has 0 bridgehead atoms. The molecule has 0 aliphatic heterocycles. The molecule has 17 heavy (non-hydrogen) atoms. The first-order chi connectivity index (χ1) is 8.12. The lowest BCUT2D eigenvalue weighted by molar-refractivity contribution is 0.564. The van der Waals surface area contributed by atoms with Gasteiger partial charge in [-0.15, -0.1) is 0 Å². The van der Waals surface area contributed by atoms with E-state index in [0.29, 0.717) is 18.0 Å². The monoisotopic (exact) mass is 235 g/mol. The summed E-state index contributed by atoms with van der Waals surface area (Å²) >= 11 is 0. The zero-order valence-corrected chi connectivity index (χ0v) is 10.8. The van der Waals surface area contributed by atoms with Crippen molar-refractivity contribution in [1.82, 2.24) is 10.6 Å². The fourth-order valence-corrected chi connectivity index (χ4v) is 1.75. The molecular weight excluding hydrogens is 214 g/mol. The van der Waals surface area contributed by atoms with Crippen LogP contribution < -0.4 is 10.6 Å². The first-order valence-corrected chi connectivity index (χ1v) is 6.18. The molecule has 0 spiro atoms. The van der Waals surface area contributed by atoms with Gasteiger partial charge in [-0.25, -0.2) is 4.99 Å². The molecule has 1 aliphatic carbocycles. The first-order valence-electron chi connectivity index (χ1n) is 6.18. The van der Waals surface area contributed by atoms with Crippen LogP contribution in [0.3, 0.4) is 0 Å². The van der Waals surface area contributed by atoms with Gasteiger partial charge in [0.25, 0.3) is 0 Å². The second kappa shape index (κ2) is 4.82. The standard InChI is InChI=1S/C13H21N3O/c1-4-14-12(16-11-7-13(11,2)3)15-8-10-5-6-17-9-10/h5-6,9,11H,4,7-8H2,1-3H3,(H2,14,15,16). The second-order valence-electron chi connectivity index (χ2n) is 5.22. The molecule has 1 aromatic rings. The molecule has 4 heteroatoms. The molecule has 4 nitrogen and oxygen atoms in total. The number of nitrogens with one attached hydrogen (secondary N) is 2. The molecule has 1 atom stereocenters. The maximum Gasteiger partial charge on any atom is 0.191 e. The number of hydrogen-bond acceptors (Lipinski definition) is 2. The SMILES string of the molecule is CCNC(=NCc1ccoc1)NC1CC1(C)C. The number of furan rings is 1. The van der Waals surface area contributed by atoms with E-state index in [1.54, 1.807) is 12.5 Å². The van der Waals surface area contributed by atoms with E-state index in [-0.39, 0.29) is 0 Å². The fraction of sp³-hybridized carbons (Fsp3) is 0.615. The van der Waals surface area contributed by atoms with Crippen molar-refractivity contribution in [2.75, 3.05) is 6.54 Å². The maximum absolute atomic E-state index is 5.02. The van der Waals surface area contributed by atoms with E-state index in [1.165, 1.54) is 6.42 Å². The van der Waals surface area contributed by atoms with E-state index in [0.717, 1.165) is 18.1 Å². The van der Waals surface area contributed by atoms with Crippen molar-refractivity contribution < 1.29 is 4.42 Å². The normalized spacial score (nSPS) is 22.3. The summed E-state index contributed by atoms with van der Waals surface area (Å²) in [6.45, 7) is 8.14. The van der Waals surface area contributed by atoms with E-state index in [9.17, 15) is 0 Å². The summed E-state index contributed by atoms with van der Waals surface area (Å²) in [5.41, 5.74) is 1.50. The summed E-state index contributed by atoms with van der Waals surface area (Å²) in [6.07, 6.45) is 4.62. The largest absolute Gasteiger partial charge is 0.472 e. The van der Waals surface area contributed by atoms with Gasteiger partial charge in [-0.05, 0) is 24.8 Å². The predicted octanol–water partition coefficient (Wildman–Crippen LogP) is 2.13. The van der Waals surface area contributed by atoms with E-state index in [2.05, 4.69) is 36.4 Å². The van der Waals surface area contributed by atoms with Crippen LogP contribution in [0.1, 0.15) is 32.8 Å². The second-order valence-corrected chi connectivity index (χ2v) is 5.22. The van der Waals surface area contributed by atoms with Gasteiger partial charge in [-0.2, -0.15) is 0 Å². The van der Waals surface area contributed by atoms with E-state index in [1.807, 2.05) is 6.07 Å². The molecule has 1 fully saturated rings. The van der Waals surface area contributed by atoms with E-state index < -0.39 is 0 Å². The number of guanidine groups is 1. The Bertz CT molecular complexity index is 381. The number of hydrogen-bond donors (Lipinski definition) is 2. The molecule has 1 aliphatic rings. The van der Waals surface area contributed by atoms with Crippen molar-refractivity contribution in [3.63, 3.8) is 0 Å². The van der Waals surface area contributed by atoms with Crippen molar-refractivity contribution in [2.24, 2.45) is 10.4 Å². The Labute approximate surface area is 102 Å². The Morgan fingerprint density at radius 2 is 2.35 bits per heavy atom. The third-order valence-corrected chi connectivity index (χ3v) is 3.17. The minimum Gasteiger partial charge on any atom is -0.472 e. The van der Waals surface area contributed by atoms with Gasteiger partial charge in [-0.3, -0.25) is 0 Å². The summed E-state index contributed by atoms with van der Waals surface area (Å²) < 4.78 is 5.02. The fourth-order valence-electron chi connectivity index (χ4n) is 1.75. The first kappa shape index (κ1) is 12.0.